The second-order valence-electron chi connectivity index (χ2n) is 8.55. The molecule has 0 fully saturated rings. The van der Waals surface area contributed by atoms with E-state index in [1.807, 2.05) is 38.1 Å². The lowest BCUT2D eigenvalue weighted by Crippen LogP contribution is -2.31. The van der Waals surface area contributed by atoms with Gasteiger partial charge in [0.15, 0.2) is 0 Å². The third-order valence-corrected chi connectivity index (χ3v) is 5.88. The largest absolute Gasteiger partial charge is 0.497 e. The number of carbonyl (C=O) groups excluding carboxylic acids is 2. The zero-order valence-electron chi connectivity index (χ0n) is 19.6. The van der Waals surface area contributed by atoms with Crippen LogP contribution in [0.5, 0.6) is 11.5 Å². The molecule has 0 radical (unpaired) electrons. The lowest BCUT2D eigenvalue weighted by molar-refractivity contribution is -0.163. The van der Waals surface area contributed by atoms with Crippen molar-refractivity contribution in [2.45, 2.75) is 38.0 Å². The summed E-state index contributed by atoms with van der Waals surface area (Å²) in [5.74, 6) is -11.0. The molecule has 35 heavy (non-hydrogen) atoms. The van der Waals surface area contributed by atoms with Gasteiger partial charge < -0.3 is 9.47 Å². The monoisotopic (exact) mass is 488 g/mol. The van der Waals surface area contributed by atoms with Crippen LogP contribution in [-0.2, 0) is 26.8 Å². The lowest BCUT2D eigenvalue weighted by Gasteiger charge is -2.26. The summed E-state index contributed by atoms with van der Waals surface area (Å²) in [6.07, 6.45) is 0. The molecule has 0 bridgehead atoms. The van der Waals surface area contributed by atoms with Gasteiger partial charge in [0.1, 0.15) is 11.5 Å². The summed E-state index contributed by atoms with van der Waals surface area (Å²) in [7, 11) is 1.57. The zero-order valence-corrected chi connectivity index (χ0v) is 19.6. The summed E-state index contributed by atoms with van der Waals surface area (Å²) in [5.41, 5.74) is -0.551. The van der Waals surface area contributed by atoms with Gasteiger partial charge in [0.05, 0.1) is 7.11 Å². The molecule has 184 valence electrons. The Morgan fingerprint density at radius 1 is 0.686 bits per heavy atom. The zero-order chi connectivity index (χ0) is 26.0. The van der Waals surface area contributed by atoms with Crippen molar-refractivity contribution >= 4 is 11.8 Å². The quantitative estimate of drug-likeness (QED) is 0.209. The molecule has 8 heteroatoms. The van der Waals surface area contributed by atoms with Crippen LogP contribution in [0.25, 0.3) is 0 Å². The minimum absolute atomic E-state index is 0.130. The van der Waals surface area contributed by atoms with E-state index >= 15 is 0 Å². The van der Waals surface area contributed by atoms with E-state index in [1.54, 1.807) is 19.2 Å². The molecule has 0 aliphatic rings. The van der Waals surface area contributed by atoms with Crippen molar-refractivity contribution in [2.24, 2.45) is 0 Å². The first-order valence-electron chi connectivity index (χ1n) is 10.6. The highest BCUT2D eigenvalue weighted by Crippen LogP contribution is 2.36. The van der Waals surface area contributed by atoms with Crippen LogP contribution in [0.1, 0.15) is 43.0 Å². The number of esters is 1. The maximum Gasteiger partial charge on any atom is 0.387 e. The molecule has 0 N–H and O–H groups in total. The number of ketones is 1. The molecule has 0 aliphatic heterocycles. The Morgan fingerprint density at radius 3 is 1.60 bits per heavy atom. The van der Waals surface area contributed by atoms with Crippen molar-refractivity contribution < 1.29 is 36.6 Å². The standard InChI is InChI=1S/C27H24F4O4/c1-17(32)26(28,29)20-6-5-7-21(16-20)27(30,31)24(33)35-23-14-10-19(11-15-23)25(2,3)18-8-12-22(34-4)13-9-18/h5-16H,1-4H3. The van der Waals surface area contributed by atoms with Gasteiger partial charge in [-0.05, 0) is 41.5 Å². The number of methoxy groups -OCH3 is 1. The summed E-state index contributed by atoms with van der Waals surface area (Å²) < 4.78 is 67.4. The Bertz CT molecular complexity index is 1220. The Hall–Kier alpha value is -3.68. The van der Waals surface area contributed by atoms with E-state index < -0.39 is 40.1 Å². The van der Waals surface area contributed by atoms with Gasteiger partial charge in [0.25, 0.3) is 0 Å². The molecule has 0 heterocycles. The number of rotatable bonds is 8. The molecule has 0 unspecified atom stereocenters. The van der Waals surface area contributed by atoms with E-state index in [9.17, 15) is 27.2 Å². The van der Waals surface area contributed by atoms with Crippen LogP contribution in [0.2, 0.25) is 0 Å². The lowest BCUT2D eigenvalue weighted by atomic mass is 9.78. The van der Waals surface area contributed by atoms with Crippen molar-refractivity contribution in [1.82, 2.24) is 0 Å². The van der Waals surface area contributed by atoms with Crippen LogP contribution in [0.15, 0.2) is 72.8 Å². The molecule has 0 aromatic heterocycles. The van der Waals surface area contributed by atoms with E-state index in [2.05, 4.69) is 0 Å². The van der Waals surface area contributed by atoms with E-state index in [0.717, 1.165) is 29.3 Å². The van der Waals surface area contributed by atoms with Crippen molar-refractivity contribution in [1.29, 1.82) is 0 Å². The molecule has 0 atom stereocenters. The fourth-order valence-corrected chi connectivity index (χ4v) is 3.52. The SMILES string of the molecule is COc1ccc(C(C)(C)c2ccc(OC(=O)C(F)(F)c3cccc(C(F)(F)C(C)=O)c3)cc2)cc1. The van der Waals surface area contributed by atoms with Gasteiger partial charge >= 0.3 is 17.8 Å². The Labute approximate surface area is 200 Å². The number of alkyl halides is 4. The fourth-order valence-electron chi connectivity index (χ4n) is 3.52. The van der Waals surface area contributed by atoms with Gasteiger partial charge in [-0.2, -0.15) is 17.6 Å². The maximum absolute atomic E-state index is 14.7. The summed E-state index contributed by atoms with van der Waals surface area (Å²) >= 11 is 0. The number of carbonyl (C=O) groups is 2. The predicted molar refractivity (Wildman–Crippen MR) is 122 cm³/mol. The van der Waals surface area contributed by atoms with E-state index in [-0.39, 0.29) is 5.75 Å². The van der Waals surface area contributed by atoms with E-state index in [0.29, 0.717) is 18.7 Å². The van der Waals surface area contributed by atoms with Crippen LogP contribution in [-0.4, -0.2) is 18.9 Å². The smallest absolute Gasteiger partial charge is 0.387 e. The van der Waals surface area contributed by atoms with Crippen LogP contribution >= 0.6 is 0 Å². The molecule has 0 amide bonds. The minimum Gasteiger partial charge on any atom is -0.497 e. The molecule has 3 aromatic carbocycles. The number of hydrogen-bond acceptors (Lipinski definition) is 4. The highest BCUT2D eigenvalue weighted by Gasteiger charge is 2.45. The maximum atomic E-state index is 14.7. The van der Waals surface area contributed by atoms with Crippen molar-refractivity contribution in [2.75, 3.05) is 7.11 Å². The second-order valence-corrected chi connectivity index (χ2v) is 8.55. The molecule has 4 nitrogen and oxygen atoms in total. The summed E-state index contributed by atoms with van der Waals surface area (Å²) in [6, 6.07) is 16.6. The molecular formula is C27H24F4O4. The number of benzene rings is 3. The average molecular weight is 488 g/mol. The molecule has 0 saturated heterocycles. The third-order valence-electron chi connectivity index (χ3n) is 5.88. The molecule has 0 saturated carbocycles. The van der Waals surface area contributed by atoms with Gasteiger partial charge in [-0.1, -0.05) is 56.3 Å². The van der Waals surface area contributed by atoms with Crippen LogP contribution in [0.4, 0.5) is 17.6 Å². The van der Waals surface area contributed by atoms with Crippen molar-refractivity contribution in [3.63, 3.8) is 0 Å². The molecule has 3 rings (SSSR count). The number of ether oxygens (including phenoxy) is 2. The van der Waals surface area contributed by atoms with Gasteiger partial charge in [-0.3, -0.25) is 4.79 Å². The van der Waals surface area contributed by atoms with E-state index in [1.165, 1.54) is 12.1 Å². The third kappa shape index (κ3) is 5.21. The van der Waals surface area contributed by atoms with Gasteiger partial charge in [-0.25, -0.2) is 4.79 Å². The van der Waals surface area contributed by atoms with Crippen molar-refractivity contribution in [3.05, 3.63) is 95.1 Å². The summed E-state index contributed by atoms with van der Waals surface area (Å²) in [4.78, 5) is 23.4. The summed E-state index contributed by atoms with van der Waals surface area (Å²) in [5, 5.41) is 0. The van der Waals surface area contributed by atoms with Gasteiger partial charge in [0.2, 0.25) is 5.78 Å². The van der Waals surface area contributed by atoms with E-state index in [4.69, 9.17) is 9.47 Å². The minimum atomic E-state index is -4.22. The molecule has 0 aliphatic carbocycles. The molecular weight excluding hydrogens is 464 g/mol. The highest BCUT2D eigenvalue weighted by molar-refractivity contribution is 5.85. The predicted octanol–water partition coefficient (Wildman–Crippen LogP) is 6.40. The first-order chi connectivity index (χ1) is 16.3. The van der Waals surface area contributed by atoms with Crippen molar-refractivity contribution in [3.8, 4) is 11.5 Å². The Kier molecular flexibility index (Phi) is 7.06. The average Bonchev–Trinajstić information content (AvgIpc) is 2.84. The molecule has 3 aromatic rings. The number of hydrogen-bond donors (Lipinski definition) is 0. The highest BCUT2D eigenvalue weighted by atomic mass is 19.3. The fraction of sp³-hybridized carbons (Fsp3) is 0.259. The topological polar surface area (TPSA) is 52.6 Å². The Morgan fingerprint density at radius 2 is 1.14 bits per heavy atom. The summed E-state index contributed by atoms with van der Waals surface area (Å²) in [6.45, 7) is 4.61. The first kappa shape index (κ1) is 25.9. The molecule has 0 spiro atoms. The first-order valence-corrected chi connectivity index (χ1v) is 10.6. The number of halogens is 4. The Balaban J connectivity index is 1.79. The van der Waals surface area contributed by atoms with Crippen LogP contribution in [0, 0.1) is 0 Å². The normalized spacial score (nSPS) is 12.2. The van der Waals surface area contributed by atoms with Crippen LogP contribution < -0.4 is 9.47 Å². The van der Waals surface area contributed by atoms with Crippen LogP contribution in [0.3, 0.4) is 0 Å². The number of Topliss-reactive ketones (excluding diaryl/α,β-unsaturated/α-hetero) is 1. The second kappa shape index (κ2) is 9.52. The van der Waals surface area contributed by atoms with Gasteiger partial charge in [-0.15, -0.1) is 0 Å². The van der Waals surface area contributed by atoms with Gasteiger partial charge in [0, 0.05) is 23.5 Å².